The van der Waals surface area contributed by atoms with Crippen LogP contribution in [0.4, 0.5) is 17.1 Å². The zero-order valence-electron chi connectivity index (χ0n) is 58.9. The Morgan fingerprint density at radius 1 is 0.202 bits per heavy atom. The van der Waals surface area contributed by atoms with Gasteiger partial charge in [0.15, 0.2) is 0 Å². The van der Waals surface area contributed by atoms with Crippen LogP contribution in [0.3, 0.4) is 0 Å². The summed E-state index contributed by atoms with van der Waals surface area (Å²) in [5.41, 5.74) is 25.7. The van der Waals surface area contributed by atoms with Gasteiger partial charge < -0.3 is 13.9 Å². The number of aromatic nitrogens is 7. The molecule has 0 saturated heterocycles. The molecule has 0 aliphatic rings. The number of benzene rings is 16. The Morgan fingerprint density at radius 2 is 0.532 bits per heavy atom. The lowest BCUT2D eigenvalue weighted by Crippen LogP contribution is -2.09. The summed E-state index contributed by atoms with van der Waals surface area (Å²) < 4.78 is 12.9. The maximum atomic E-state index is 6.09. The second-order valence-corrected chi connectivity index (χ2v) is 27.7. The highest BCUT2D eigenvalue weighted by atomic mass is 16.3. The molecule has 0 aliphatic heterocycles. The lowest BCUT2D eigenvalue weighted by Gasteiger charge is -2.25. The highest BCUT2D eigenvalue weighted by Crippen LogP contribution is 2.43. The Balaban J connectivity index is 0.000000143. The van der Waals surface area contributed by atoms with Crippen molar-refractivity contribution in [1.82, 2.24) is 33.6 Å². The fraction of sp³-hybridized carbons (Fsp3) is 0. The summed E-state index contributed by atoms with van der Waals surface area (Å²) in [6.45, 7) is 0. The lowest BCUT2D eigenvalue weighted by atomic mass is 9.98. The molecule has 0 spiro atoms. The number of fused-ring (bicyclic) bond motifs is 14. The minimum absolute atomic E-state index is 0.645. The van der Waals surface area contributed by atoms with Crippen molar-refractivity contribution in [3.63, 3.8) is 0 Å². The summed E-state index contributed by atoms with van der Waals surface area (Å²) >= 11 is 0. The van der Waals surface area contributed by atoms with E-state index < -0.39 is 0 Å². The van der Waals surface area contributed by atoms with Crippen LogP contribution in [0.1, 0.15) is 0 Å². The summed E-state index contributed by atoms with van der Waals surface area (Å²) in [4.78, 5) is 23.3. The fourth-order valence-corrected chi connectivity index (χ4v) is 16.2. The van der Waals surface area contributed by atoms with Gasteiger partial charge in [0.1, 0.15) is 11.2 Å². The Morgan fingerprint density at radius 3 is 1.05 bits per heavy atom. The molecular weight excluding hydrogens is 1330 g/mol. The zero-order valence-corrected chi connectivity index (χ0v) is 58.9. The van der Waals surface area contributed by atoms with Gasteiger partial charge in [-0.2, -0.15) is 0 Å². The number of anilines is 3. The van der Waals surface area contributed by atoms with Gasteiger partial charge in [-0.15, -0.1) is 0 Å². The van der Waals surface area contributed by atoms with E-state index in [-0.39, 0.29) is 0 Å². The van der Waals surface area contributed by atoms with E-state index in [1.807, 2.05) is 30.3 Å². The van der Waals surface area contributed by atoms with Crippen LogP contribution in [0.25, 0.3) is 183 Å². The molecule has 0 aliphatic carbocycles. The van der Waals surface area contributed by atoms with Gasteiger partial charge in [-0.05, 0) is 167 Å². The van der Waals surface area contributed by atoms with Crippen LogP contribution in [-0.2, 0) is 0 Å². The predicted molar refractivity (Wildman–Crippen MR) is 451 cm³/mol. The largest absolute Gasteiger partial charge is 0.456 e. The highest BCUT2D eigenvalue weighted by Gasteiger charge is 2.23. The molecular formula is C100H64N8O. The van der Waals surface area contributed by atoms with E-state index in [0.29, 0.717) is 11.9 Å². The highest BCUT2D eigenvalue weighted by molar-refractivity contribution is 6.14. The van der Waals surface area contributed by atoms with Gasteiger partial charge in [0, 0.05) is 87.7 Å². The van der Waals surface area contributed by atoms with Crippen LogP contribution in [0.5, 0.6) is 0 Å². The van der Waals surface area contributed by atoms with E-state index >= 15 is 0 Å². The number of hydrogen-bond acceptors (Lipinski definition) is 6. The summed E-state index contributed by atoms with van der Waals surface area (Å²) in [6, 6.07) is 137. The molecule has 0 fully saturated rings. The van der Waals surface area contributed by atoms with Gasteiger partial charge in [0.25, 0.3) is 0 Å². The molecule has 0 atom stereocenters. The second kappa shape index (κ2) is 26.1. The minimum atomic E-state index is 0.645. The molecule has 0 radical (unpaired) electrons. The summed E-state index contributed by atoms with van der Waals surface area (Å²) in [7, 11) is 0. The SMILES string of the molecule is c1ccc(-c2nc(-n3c4ccccc4c4cc(-c5ccc(N(c6ccccc6)c6ccccc6)cc5)ccc43)nc3ccccc23)cc1.c1ccc(-n2c3ccccc3c3cc(-c4nc(-n5c6ccccc6c6cc(-c7ccc(-c8ccc9oc%10ccccc%10c9c8)cc7)ccc65)nc5ccccc45)ccc32)cc1. The van der Waals surface area contributed by atoms with E-state index in [2.05, 4.69) is 377 Å². The van der Waals surface area contributed by atoms with Gasteiger partial charge in [0.05, 0.1) is 55.5 Å². The fourth-order valence-electron chi connectivity index (χ4n) is 16.2. The van der Waals surface area contributed by atoms with Gasteiger partial charge in [-0.3, -0.25) is 9.13 Å². The second-order valence-electron chi connectivity index (χ2n) is 27.7. The first-order valence-corrected chi connectivity index (χ1v) is 36.8. The molecule has 0 amide bonds. The topological polar surface area (TPSA) is 82.7 Å². The van der Waals surface area contributed by atoms with E-state index in [9.17, 15) is 0 Å². The lowest BCUT2D eigenvalue weighted by molar-refractivity contribution is 0.669. The van der Waals surface area contributed by atoms with Crippen LogP contribution < -0.4 is 4.90 Å². The van der Waals surface area contributed by atoms with E-state index in [0.717, 1.165) is 155 Å². The minimum Gasteiger partial charge on any atom is -0.456 e. The Kier molecular flexibility index (Phi) is 15.0. The monoisotopic (exact) mass is 1390 g/mol. The molecule has 0 saturated carbocycles. The smallest absolute Gasteiger partial charge is 0.235 e. The third kappa shape index (κ3) is 10.9. The van der Waals surface area contributed by atoms with Crippen LogP contribution >= 0.6 is 0 Å². The Bertz CT molecular complexity index is 7230. The average Bonchev–Trinajstić information content (AvgIpc) is 1.60. The summed E-state index contributed by atoms with van der Waals surface area (Å²) in [5.74, 6) is 1.31. The number of rotatable bonds is 11. The van der Waals surface area contributed by atoms with Crippen molar-refractivity contribution in [2.45, 2.75) is 0 Å². The molecule has 109 heavy (non-hydrogen) atoms. The van der Waals surface area contributed by atoms with Crippen LogP contribution in [0.2, 0.25) is 0 Å². The predicted octanol–water partition coefficient (Wildman–Crippen LogP) is 26.3. The van der Waals surface area contributed by atoms with Crippen molar-refractivity contribution in [2.75, 3.05) is 4.90 Å². The number of hydrogen-bond donors (Lipinski definition) is 0. The molecule has 510 valence electrons. The maximum Gasteiger partial charge on any atom is 0.235 e. The summed E-state index contributed by atoms with van der Waals surface area (Å²) in [6.07, 6.45) is 0. The molecule has 0 bridgehead atoms. The van der Waals surface area contributed by atoms with Crippen molar-refractivity contribution in [3.8, 4) is 73.5 Å². The zero-order chi connectivity index (χ0) is 71.9. The van der Waals surface area contributed by atoms with Gasteiger partial charge >= 0.3 is 0 Å². The van der Waals surface area contributed by atoms with Crippen molar-refractivity contribution in [3.05, 3.63) is 388 Å². The third-order valence-corrected chi connectivity index (χ3v) is 21.4. The molecule has 0 N–H and O–H groups in total. The Hall–Kier alpha value is -14.8. The van der Waals surface area contributed by atoms with Gasteiger partial charge in [-0.25, -0.2) is 19.9 Å². The summed E-state index contributed by atoms with van der Waals surface area (Å²) in [5, 5.41) is 11.4. The number of furan rings is 1. The van der Waals surface area contributed by atoms with E-state index in [1.54, 1.807) is 0 Å². The maximum absolute atomic E-state index is 6.09. The molecule has 6 heterocycles. The van der Waals surface area contributed by atoms with Crippen LogP contribution in [0.15, 0.2) is 393 Å². The van der Waals surface area contributed by atoms with Crippen molar-refractivity contribution in [1.29, 1.82) is 0 Å². The van der Waals surface area contributed by atoms with E-state index in [1.165, 1.54) is 32.6 Å². The average molecular weight is 1390 g/mol. The van der Waals surface area contributed by atoms with Crippen molar-refractivity contribution < 1.29 is 4.42 Å². The van der Waals surface area contributed by atoms with Crippen LogP contribution in [-0.4, -0.2) is 33.6 Å². The molecule has 22 rings (SSSR count). The first-order chi connectivity index (χ1) is 54.0. The van der Waals surface area contributed by atoms with Crippen molar-refractivity contribution >= 4 is 126 Å². The molecule has 22 aromatic rings. The van der Waals surface area contributed by atoms with E-state index in [4.69, 9.17) is 24.4 Å². The standard InChI is InChI=1S/C56H34N4O.C44H30N4/c1-2-12-40(13-3-1)59-49-19-9-5-14-41(49)46-34-39(27-30-51(46)59)55-44-17-4-8-18-48(44)57-56(58-55)60-50-20-10-6-15-42(50)45-32-37(26-29-52(45)60)35-22-24-36(25-23-35)38-28-31-54-47(33-38)43-16-7-11-21-53(43)61-54;1-4-14-32(15-5-1)43-38-21-10-12-22-40(38)45-44(46-43)48-41-23-13-11-20-37(41)39-30-33(26-29-42(39)48)31-24-27-36(28-25-31)47(34-16-6-2-7-17-34)35-18-8-3-9-19-35/h1-34H;1-30H. The number of para-hydroxylation sites is 9. The quantitative estimate of drug-likeness (QED) is 0.128. The molecule has 9 heteroatoms. The Labute approximate surface area is 627 Å². The van der Waals surface area contributed by atoms with Gasteiger partial charge in [0.2, 0.25) is 11.9 Å². The van der Waals surface area contributed by atoms with Crippen molar-refractivity contribution in [2.24, 2.45) is 0 Å². The molecule has 16 aromatic carbocycles. The molecule has 0 unspecified atom stereocenters. The molecule has 6 aromatic heterocycles. The molecule has 9 nitrogen and oxygen atoms in total. The van der Waals surface area contributed by atoms with Crippen LogP contribution in [0, 0.1) is 0 Å². The first kappa shape index (κ1) is 62.7. The van der Waals surface area contributed by atoms with Gasteiger partial charge in [-0.1, -0.05) is 255 Å². The first-order valence-electron chi connectivity index (χ1n) is 36.8. The third-order valence-electron chi connectivity index (χ3n) is 21.4. The number of nitrogens with zero attached hydrogens (tertiary/aromatic N) is 8. The normalized spacial score (nSPS) is 11.7.